The van der Waals surface area contributed by atoms with E-state index >= 15 is 0 Å². The number of fused-ring (bicyclic) bond motifs is 1. The van der Waals surface area contributed by atoms with Crippen LogP contribution >= 0.6 is 0 Å². The molecule has 6 heteroatoms. The maximum Gasteiger partial charge on any atom is 0.241 e. The molecule has 1 fully saturated rings. The Balaban J connectivity index is 0.000000671. The van der Waals surface area contributed by atoms with Crippen molar-refractivity contribution in [3.63, 3.8) is 0 Å². The zero-order valence-electron chi connectivity index (χ0n) is 20.9. The van der Waals surface area contributed by atoms with Gasteiger partial charge in [0.2, 0.25) is 5.95 Å². The summed E-state index contributed by atoms with van der Waals surface area (Å²) in [4.78, 5) is 13.8. The van der Waals surface area contributed by atoms with Crippen LogP contribution < -0.4 is 5.32 Å². The number of anilines is 1. The fraction of sp³-hybridized carbons (Fsp3) is 0.538. The Labute approximate surface area is 193 Å². The Morgan fingerprint density at radius 1 is 1.12 bits per heavy atom. The minimum absolute atomic E-state index is 0.684. The largest absolute Gasteiger partial charge is 0.353 e. The quantitative estimate of drug-likeness (QED) is 0.427. The smallest absolute Gasteiger partial charge is 0.241 e. The van der Waals surface area contributed by atoms with Crippen molar-refractivity contribution in [2.24, 2.45) is 10.9 Å². The number of nitrogens with zero attached hydrogens (tertiary/aromatic N) is 5. The van der Waals surface area contributed by atoms with Crippen LogP contribution in [0.5, 0.6) is 0 Å². The van der Waals surface area contributed by atoms with Crippen LogP contribution in [0, 0.1) is 12.8 Å². The standard InChI is InChI=1S/C21H26N6.C3H8.C2H6/c1-14(2)24-18-8-9-19(25-15(18)3)17-10-11-27-20(17)13-23-21(26-27)22-12-16-6-4-5-7-16;1-3-2;1-2/h8-11,13,16H,4-7,12H2,1-3H3,(H,22,26);3H2,1-2H3;1-2H3. The topological polar surface area (TPSA) is 67.5 Å². The molecule has 0 aliphatic heterocycles. The van der Waals surface area contributed by atoms with Crippen molar-refractivity contribution in [1.29, 1.82) is 0 Å². The second-order valence-electron chi connectivity index (χ2n) is 8.24. The van der Waals surface area contributed by atoms with Gasteiger partial charge in [-0.05, 0) is 57.7 Å². The number of pyridine rings is 1. The molecule has 1 aliphatic rings. The molecule has 1 N–H and O–H groups in total. The predicted molar refractivity (Wildman–Crippen MR) is 137 cm³/mol. The highest BCUT2D eigenvalue weighted by atomic mass is 15.3. The van der Waals surface area contributed by atoms with Crippen molar-refractivity contribution >= 4 is 22.9 Å². The van der Waals surface area contributed by atoms with Crippen LogP contribution in [0.3, 0.4) is 0 Å². The molecule has 0 atom stereocenters. The summed E-state index contributed by atoms with van der Waals surface area (Å²) in [5.74, 6) is 1.44. The van der Waals surface area contributed by atoms with E-state index in [0.29, 0.717) is 5.95 Å². The molecular weight excluding hydrogens is 396 g/mol. The van der Waals surface area contributed by atoms with Gasteiger partial charge in [-0.3, -0.25) is 9.98 Å². The monoisotopic (exact) mass is 436 g/mol. The van der Waals surface area contributed by atoms with Gasteiger partial charge in [0.25, 0.3) is 0 Å². The van der Waals surface area contributed by atoms with E-state index in [0.717, 1.165) is 46.3 Å². The zero-order chi connectivity index (χ0) is 23.5. The van der Waals surface area contributed by atoms with Gasteiger partial charge in [0.1, 0.15) is 0 Å². The van der Waals surface area contributed by atoms with Crippen LogP contribution in [0.15, 0.2) is 35.6 Å². The molecule has 174 valence electrons. The van der Waals surface area contributed by atoms with Crippen LogP contribution in [0.1, 0.15) is 79.3 Å². The molecule has 0 spiro atoms. The normalized spacial score (nSPS) is 13.1. The predicted octanol–water partition coefficient (Wildman–Crippen LogP) is 7.26. The van der Waals surface area contributed by atoms with Gasteiger partial charge in [0.05, 0.1) is 28.8 Å². The first-order valence-electron chi connectivity index (χ1n) is 12.1. The SMILES string of the molecule is CC.CC(C)=Nc1ccc(-c2ccn3nc(NCC4CCCC4)ncc23)nc1C.CCC. The maximum absolute atomic E-state index is 4.74. The third-order valence-electron chi connectivity index (χ3n) is 5.12. The third-order valence-corrected chi connectivity index (χ3v) is 5.12. The molecule has 0 aromatic carbocycles. The number of nitrogens with one attached hydrogen (secondary N) is 1. The Morgan fingerprint density at radius 3 is 2.44 bits per heavy atom. The van der Waals surface area contributed by atoms with E-state index in [4.69, 9.17) is 4.98 Å². The van der Waals surface area contributed by atoms with E-state index < -0.39 is 0 Å². The lowest BCUT2D eigenvalue weighted by Crippen LogP contribution is -2.13. The number of aryl methyl sites for hydroxylation is 1. The van der Waals surface area contributed by atoms with Gasteiger partial charge in [0.15, 0.2) is 0 Å². The zero-order valence-corrected chi connectivity index (χ0v) is 20.9. The number of rotatable bonds is 5. The van der Waals surface area contributed by atoms with E-state index in [1.807, 2.05) is 69.7 Å². The van der Waals surface area contributed by atoms with E-state index in [1.165, 1.54) is 32.1 Å². The highest BCUT2D eigenvalue weighted by Gasteiger charge is 2.15. The molecule has 1 aliphatic carbocycles. The molecule has 3 aromatic heterocycles. The Kier molecular flexibility index (Phi) is 10.3. The lowest BCUT2D eigenvalue weighted by molar-refractivity contribution is 0.576. The van der Waals surface area contributed by atoms with E-state index in [1.54, 1.807) is 0 Å². The van der Waals surface area contributed by atoms with Gasteiger partial charge in [-0.1, -0.05) is 47.0 Å². The Bertz CT molecular complexity index is 995. The Hall–Kier alpha value is -2.76. The number of hydrogen-bond donors (Lipinski definition) is 1. The summed E-state index contributed by atoms with van der Waals surface area (Å²) in [7, 11) is 0. The lowest BCUT2D eigenvalue weighted by Gasteiger charge is -2.10. The van der Waals surface area contributed by atoms with Gasteiger partial charge in [-0.25, -0.2) is 9.50 Å². The summed E-state index contributed by atoms with van der Waals surface area (Å²) in [6.45, 7) is 15.2. The second kappa shape index (κ2) is 12.9. The van der Waals surface area contributed by atoms with Crippen LogP contribution in [0.4, 0.5) is 11.6 Å². The van der Waals surface area contributed by atoms with Crippen molar-refractivity contribution in [1.82, 2.24) is 19.6 Å². The molecule has 0 bridgehead atoms. The number of aliphatic imine (C=N–C) groups is 1. The Morgan fingerprint density at radius 2 is 1.81 bits per heavy atom. The van der Waals surface area contributed by atoms with Crippen molar-refractivity contribution in [3.8, 4) is 11.3 Å². The second-order valence-corrected chi connectivity index (χ2v) is 8.24. The van der Waals surface area contributed by atoms with Crippen LogP contribution in [0.2, 0.25) is 0 Å². The first-order valence-corrected chi connectivity index (χ1v) is 12.1. The van der Waals surface area contributed by atoms with Crippen molar-refractivity contribution < 1.29 is 0 Å². The summed E-state index contributed by atoms with van der Waals surface area (Å²) in [6, 6.07) is 6.07. The first-order chi connectivity index (χ1) is 15.5. The molecule has 0 amide bonds. The van der Waals surface area contributed by atoms with Crippen molar-refractivity contribution in [2.45, 2.75) is 80.6 Å². The third kappa shape index (κ3) is 6.87. The first kappa shape index (κ1) is 25.5. The van der Waals surface area contributed by atoms with Gasteiger partial charge in [0, 0.05) is 24.0 Å². The average molecular weight is 437 g/mol. The van der Waals surface area contributed by atoms with Gasteiger partial charge in [-0.2, -0.15) is 0 Å². The number of aromatic nitrogens is 4. The van der Waals surface area contributed by atoms with Crippen molar-refractivity contribution in [2.75, 3.05) is 11.9 Å². The fourth-order valence-corrected chi connectivity index (χ4v) is 3.71. The summed E-state index contributed by atoms with van der Waals surface area (Å²) in [5.41, 5.74) is 5.76. The van der Waals surface area contributed by atoms with Gasteiger partial charge >= 0.3 is 0 Å². The summed E-state index contributed by atoms with van der Waals surface area (Å²) >= 11 is 0. The molecule has 3 heterocycles. The van der Waals surface area contributed by atoms with E-state index in [9.17, 15) is 0 Å². The minimum atomic E-state index is 0.684. The summed E-state index contributed by atoms with van der Waals surface area (Å²) < 4.78 is 1.87. The molecular formula is C26H40N6. The van der Waals surface area contributed by atoms with Crippen molar-refractivity contribution in [3.05, 3.63) is 36.3 Å². The highest BCUT2D eigenvalue weighted by molar-refractivity contribution is 5.83. The summed E-state index contributed by atoms with van der Waals surface area (Å²) in [5, 5.41) is 8.00. The van der Waals surface area contributed by atoms with E-state index in [2.05, 4.69) is 34.2 Å². The molecule has 6 nitrogen and oxygen atoms in total. The van der Waals surface area contributed by atoms with Crippen LogP contribution in [0.25, 0.3) is 16.8 Å². The molecule has 0 unspecified atom stereocenters. The van der Waals surface area contributed by atoms with Gasteiger partial charge < -0.3 is 5.32 Å². The minimum Gasteiger partial charge on any atom is -0.353 e. The molecule has 0 radical (unpaired) electrons. The number of hydrogen-bond acceptors (Lipinski definition) is 5. The molecule has 3 aromatic rings. The fourth-order valence-electron chi connectivity index (χ4n) is 3.71. The van der Waals surface area contributed by atoms with Gasteiger partial charge in [-0.15, -0.1) is 5.10 Å². The van der Waals surface area contributed by atoms with Crippen LogP contribution in [-0.4, -0.2) is 31.8 Å². The molecule has 32 heavy (non-hydrogen) atoms. The highest BCUT2D eigenvalue weighted by Crippen LogP contribution is 2.28. The van der Waals surface area contributed by atoms with E-state index in [-0.39, 0.29) is 0 Å². The summed E-state index contributed by atoms with van der Waals surface area (Å²) in [6.07, 6.45) is 10.4. The molecule has 4 rings (SSSR count). The molecule has 0 saturated heterocycles. The maximum atomic E-state index is 4.74. The van der Waals surface area contributed by atoms with Crippen LogP contribution in [-0.2, 0) is 0 Å². The average Bonchev–Trinajstić information content (AvgIpc) is 3.45. The molecule has 1 saturated carbocycles. The lowest BCUT2D eigenvalue weighted by atomic mass is 10.1.